The highest BCUT2D eigenvalue weighted by atomic mass is 32.2. The summed E-state index contributed by atoms with van der Waals surface area (Å²) >= 11 is 0. The molecule has 5 nitrogen and oxygen atoms in total. The number of hydrogen-bond acceptors (Lipinski definition) is 5. The van der Waals surface area contributed by atoms with Crippen LogP contribution in [0.4, 0.5) is 13.2 Å². The molecular formula is C19H23F3O5S. The van der Waals surface area contributed by atoms with Crippen LogP contribution in [0, 0.1) is 0 Å². The molecule has 0 heterocycles. The number of carbonyl (C=O) groups is 1. The third-order valence-electron chi connectivity index (χ3n) is 3.41. The number of halogens is 3. The molecule has 0 atom stereocenters. The number of rotatable bonds is 7. The molecule has 156 valence electrons. The van der Waals surface area contributed by atoms with Gasteiger partial charge in [-0.3, -0.25) is 4.79 Å². The Hall–Kier alpha value is -2.29. The fourth-order valence-corrected chi connectivity index (χ4v) is 2.59. The van der Waals surface area contributed by atoms with E-state index in [-0.39, 0.29) is 18.6 Å². The van der Waals surface area contributed by atoms with Crippen molar-refractivity contribution in [2.75, 3.05) is 0 Å². The molecule has 0 saturated carbocycles. The maximum atomic E-state index is 12.7. The summed E-state index contributed by atoms with van der Waals surface area (Å²) in [4.78, 5) is 11.5. The van der Waals surface area contributed by atoms with Gasteiger partial charge >= 0.3 is 21.6 Å². The summed E-state index contributed by atoms with van der Waals surface area (Å²) in [5.41, 5.74) is -3.03. The smallest absolute Gasteiger partial charge is 0.426 e. The molecular weight excluding hydrogens is 397 g/mol. The lowest BCUT2D eigenvalue weighted by molar-refractivity contribution is -0.132. The van der Waals surface area contributed by atoms with E-state index in [1.165, 1.54) is 6.92 Å². The van der Waals surface area contributed by atoms with Gasteiger partial charge < -0.3 is 8.92 Å². The monoisotopic (exact) mass is 420 g/mol. The first kappa shape index (κ1) is 23.7. The number of allylic oxidation sites excluding steroid dienone is 4. The van der Waals surface area contributed by atoms with Gasteiger partial charge in [-0.05, 0) is 52.7 Å². The van der Waals surface area contributed by atoms with Gasteiger partial charge in [0.25, 0.3) is 0 Å². The van der Waals surface area contributed by atoms with E-state index in [9.17, 15) is 26.4 Å². The van der Waals surface area contributed by atoms with Crippen molar-refractivity contribution in [2.45, 2.75) is 53.0 Å². The predicted molar refractivity (Wildman–Crippen MR) is 99.6 cm³/mol. The van der Waals surface area contributed by atoms with Crippen molar-refractivity contribution in [3.8, 4) is 11.5 Å². The van der Waals surface area contributed by atoms with Crippen molar-refractivity contribution in [2.24, 2.45) is 0 Å². The predicted octanol–water partition coefficient (Wildman–Crippen LogP) is 4.86. The molecule has 0 unspecified atom stereocenters. The van der Waals surface area contributed by atoms with E-state index >= 15 is 0 Å². The Morgan fingerprint density at radius 3 is 1.71 bits per heavy atom. The van der Waals surface area contributed by atoms with Crippen molar-refractivity contribution in [3.63, 3.8) is 0 Å². The highest BCUT2D eigenvalue weighted by molar-refractivity contribution is 7.88. The van der Waals surface area contributed by atoms with Crippen LogP contribution in [0.25, 0.3) is 0 Å². The molecule has 0 aromatic heterocycles. The van der Waals surface area contributed by atoms with Gasteiger partial charge in [0.15, 0.2) is 0 Å². The van der Waals surface area contributed by atoms with Gasteiger partial charge in [0.2, 0.25) is 0 Å². The third-order valence-corrected chi connectivity index (χ3v) is 4.39. The molecule has 1 aromatic carbocycles. The van der Waals surface area contributed by atoms with E-state index in [0.717, 1.165) is 23.3 Å². The van der Waals surface area contributed by atoms with Crippen molar-refractivity contribution in [3.05, 3.63) is 46.6 Å². The van der Waals surface area contributed by atoms with Crippen LogP contribution in [0.2, 0.25) is 0 Å². The van der Waals surface area contributed by atoms with Crippen LogP contribution in [0.3, 0.4) is 0 Å². The summed E-state index contributed by atoms with van der Waals surface area (Å²) in [6.07, 6.45) is 3.98. The average Bonchev–Trinajstić information content (AvgIpc) is 2.51. The van der Waals surface area contributed by atoms with Crippen LogP contribution >= 0.6 is 0 Å². The minimum Gasteiger partial charge on any atom is -0.426 e. The van der Waals surface area contributed by atoms with E-state index in [4.69, 9.17) is 4.74 Å². The first-order chi connectivity index (χ1) is 12.7. The molecule has 0 spiro atoms. The first-order valence-electron chi connectivity index (χ1n) is 8.34. The van der Waals surface area contributed by atoms with Crippen LogP contribution < -0.4 is 8.92 Å². The molecule has 0 bridgehead atoms. The van der Waals surface area contributed by atoms with E-state index < -0.39 is 27.3 Å². The van der Waals surface area contributed by atoms with Gasteiger partial charge in [0.05, 0.1) is 0 Å². The van der Waals surface area contributed by atoms with E-state index in [1.54, 1.807) is 12.2 Å². The number of hydrogen-bond donors (Lipinski definition) is 0. The quantitative estimate of drug-likeness (QED) is 0.207. The SMILES string of the molecule is CC(=O)Oc1c(CC=C(C)C)cc(OS(=O)(=O)C(F)(F)F)cc1CC=C(C)C. The van der Waals surface area contributed by atoms with Crippen LogP contribution in [0.15, 0.2) is 35.4 Å². The Kier molecular flexibility index (Phi) is 7.86. The van der Waals surface area contributed by atoms with Gasteiger partial charge in [-0.15, -0.1) is 0 Å². The summed E-state index contributed by atoms with van der Waals surface area (Å²) in [7, 11) is -5.82. The van der Waals surface area contributed by atoms with Crippen LogP contribution in [0.5, 0.6) is 11.5 Å². The molecule has 0 fully saturated rings. The maximum Gasteiger partial charge on any atom is 0.534 e. The van der Waals surface area contributed by atoms with Crippen LogP contribution in [0.1, 0.15) is 45.7 Å². The molecule has 0 N–H and O–H groups in total. The van der Waals surface area contributed by atoms with Gasteiger partial charge in [-0.25, -0.2) is 0 Å². The third kappa shape index (κ3) is 7.03. The second kappa shape index (κ2) is 9.27. The summed E-state index contributed by atoms with van der Waals surface area (Å²) < 4.78 is 70.4. The highest BCUT2D eigenvalue weighted by Crippen LogP contribution is 2.34. The molecule has 0 aliphatic rings. The molecule has 9 heteroatoms. The number of esters is 1. The van der Waals surface area contributed by atoms with E-state index in [0.29, 0.717) is 11.1 Å². The minimum absolute atomic E-state index is 0.180. The second-order valence-corrected chi connectivity index (χ2v) is 8.16. The Bertz CT molecular complexity index is 848. The molecule has 0 radical (unpaired) electrons. The standard InChI is InChI=1S/C19H23F3O5S/c1-12(2)6-8-15-10-17(27-28(24,25)19(20,21)22)11-16(9-7-13(3)4)18(15)26-14(5)23/h6-7,10-11H,8-9H2,1-5H3. The van der Waals surface area contributed by atoms with Crippen molar-refractivity contribution < 1.29 is 35.3 Å². The lowest BCUT2D eigenvalue weighted by Gasteiger charge is -2.16. The Balaban J connectivity index is 3.59. The van der Waals surface area contributed by atoms with Gasteiger partial charge in [-0.2, -0.15) is 21.6 Å². The fourth-order valence-electron chi connectivity index (χ4n) is 2.15. The molecule has 28 heavy (non-hydrogen) atoms. The zero-order chi connectivity index (χ0) is 21.7. The largest absolute Gasteiger partial charge is 0.534 e. The molecule has 0 amide bonds. The molecule has 0 aliphatic carbocycles. The molecule has 0 saturated heterocycles. The summed E-state index contributed by atoms with van der Waals surface area (Å²) in [6.45, 7) is 8.50. The van der Waals surface area contributed by atoms with Gasteiger partial charge in [0.1, 0.15) is 11.5 Å². The molecule has 1 aromatic rings. The van der Waals surface area contributed by atoms with Crippen molar-refractivity contribution in [1.29, 1.82) is 0 Å². The lowest BCUT2D eigenvalue weighted by atomic mass is 10.0. The average molecular weight is 420 g/mol. The fraction of sp³-hybridized carbons (Fsp3) is 0.421. The normalized spacial score (nSPS) is 11.6. The van der Waals surface area contributed by atoms with Crippen LogP contribution in [-0.4, -0.2) is 19.9 Å². The Labute approximate surface area is 163 Å². The summed E-state index contributed by atoms with van der Waals surface area (Å²) in [5, 5.41) is 0. The topological polar surface area (TPSA) is 69.7 Å². The summed E-state index contributed by atoms with van der Waals surface area (Å²) in [5.74, 6) is -0.921. The van der Waals surface area contributed by atoms with Crippen molar-refractivity contribution >= 4 is 16.1 Å². The number of ether oxygens (including phenoxy) is 1. The molecule has 0 aliphatic heterocycles. The number of carbonyl (C=O) groups excluding carboxylic acids is 1. The number of benzene rings is 1. The Morgan fingerprint density at radius 2 is 1.39 bits per heavy atom. The number of alkyl halides is 3. The molecule has 1 rings (SSSR count). The highest BCUT2D eigenvalue weighted by Gasteiger charge is 2.48. The van der Waals surface area contributed by atoms with Crippen LogP contribution in [-0.2, 0) is 27.8 Å². The first-order valence-corrected chi connectivity index (χ1v) is 9.75. The minimum atomic E-state index is -5.82. The maximum absolute atomic E-state index is 12.7. The second-order valence-electron chi connectivity index (χ2n) is 6.62. The van der Waals surface area contributed by atoms with Crippen molar-refractivity contribution in [1.82, 2.24) is 0 Å². The van der Waals surface area contributed by atoms with Gasteiger partial charge in [0, 0.05) is 18.1 Å². The Morgan fingerprint density at radius 1 is 0.964 bits per heavy atom. The van der Waals surface area contributed by atoms with E-state index in [2.05, 4.69) is 4.18 Å². The zero-order valence-electron chi connectivity index (χ0n) is 16.3. The van der Waals surface area contributed by atoms with E-state index in [1.807, 2.05) is 27.7 Å². The lowest BCUT2D eigenvalue weighted by Crippen LogP contribution is -2.28. The zero-order valence-corrected chi connectivity index (χ0v) is 17.1. The summed E-state index contributed by atoms with van der Waals surface area (Å²) in [6, 6.07) is 2.26. The van der Waals surface area contributed by atoms with Gasteiger partial charge in [-0.1, -0.05) is 23.3 Å².